The molecule has 0 saturated heterocycles. The molecule has 0 aliphatic heterocycles. The van der Waals surface area contributed by atoms with Crippen molar-refractivity contribution in [2.75, 3.05) is 0 Å². The zero-order valence-electron chi connectivity index (χ0n) is 9.26. The van der Waals surface area contributed by atoms with Gasteiger partial charge in [0.2, 0.25) is 0 Å². The second-order valence-corrected chi connectivity index (χ2v) is 6.72. The average molecular weight is 325 g/mol. The molecule has 1 aliphatic rings. The fourth-order valence-corrected chi connectivity index (χ4v) is 3.19. The van der Waals surface area contributed by atoms with Gasteiger partial charge in [-0.25, -0.2) is 9.97 Å². The lowest BCUT2D eigenvalue weighted by atomic mass is 10.1. The molecule has 1 N–H and O–H groups in total. The van der Waals surface area contributed by atoms with Crippen LogP contribution in [0.3, 0.4) is 0 Å². The fourth-order valence-electron chi connectivity index (χ4n) is 1.84. The lowest BCUT2D eigenvalue weighted by Crippen LogP contribution is -2.22. The Hall–Kier alpha value is -1.27. The smallest absolute Gasteiger partial charge is 0.317 e. The van der Waals surface area contributed by atoms with E-state index in [1.54, 1.807) is 23.6 Å². The summed E-state index contributed by atoms with van der Waals surface area (Å²) in [4.78, 5) is 20.8. The molecule has 92 valence electrons. The van der Waals surface area contributed by atoms with Gasteiger partial charge in [0.1, 0.15) is 11.2 Å². The van der Waals surface area contributed by atoms with Crippen LogP contribution >= 0.6 is 27.3 Å². The van der Waals surface area contributed by atoms with Gasteiger partial charge in [-0.05, 0) is 47.0 Å². The Morgan fingerprint density at radius 1 is 1.39 bits per heavy atom. The molecular weight excluding hydrogens is 316 g/mol. The molecule has 18 heavy (non-hydrogen) atoms. The zero-order valence-corrected chi connectivity index (χ0v) is 11.7. The van der Waals surface area contributed by atoms with E-state index in [0.717, 1.165) is 14.4 Å². The number of halogens is 1. The molecular formula is C12H9BrN2O2S. The lowest BCUT2D eigenvalue weighted by molar-refractivity contribution is -0.140. The number of aromatic nitrogens is 2. The maximum atomic E-state index is 11.3. The first-order valence-corrected chi connectivity index (χ1v) is 7.05. The number of thiophene rings is 1. The van der Waals surface area contributed by atoms with Crippen molar-refractivity contribution in [1.82, 2.24) is 9.97 Å². The van der Waals surface area contributed by atoms with Gasteiger partial charge in [-0.2, -0.15) is 0 Å². The third kappa shape index (κ3) is 1.85. The molecule has 0 aromatic carbocycles. The van der Waals surface area contributed by atoms with Crippen molar-refractivity contribution in [2.45, 2.75) is 18.3 Å². The van der Waals surface area contributed by atoms with Crippen LogP contribution in [-0.4, -0.2) is 21.0 Å². The maximum Gasteiger partial charge on any atom is 0.317 e. The molecule has 1 aliphatic carbocycles. The van der Waals surface area contributed by atoms with E-state index in [2.05, 4.69) is 25.9 Å². The van der Waals surface area contributed by atoms with E-state index >= 15 is 0 Å². The monoisotopic (exact) mass is 324 g/mol. The van der Waals surface area contributed by atoms with Crippen molar-refractivity contribution >= 4 is 33.2 Å². The highest BCUT2D eigenvalue weighted by molar-refractivity contribution is 9.11. The van der Waals surface area contributed by atoms with E-state index in [-0.39, 0.29) is 0 Å². The number of aliphatic carboxylic acids is 1. The van der Waals surface area contributed by atoms with Gasteiger partial charge in [0.05, 0.1) is 14.4 Å². The van der Waals surface area contributed by atoms with Crippen molar-refractivity contribution in [3.05, 3.63) is 34.0 Å². The third-order valence-electron chi connectivity index (χ3n) is 3.07. The lowest BCUT2D eigenvalue weighted by Gasteiger charge is -2.08. The van der Waals surface area contributed by atoms with Crippen molar-refractivity contribution in [3.63, 3.8) is 0 Å². The Morgan fingerprint density at radius 3 is 2.72 bits per heavy atom. The van der Waals surface area contributed by atoms with Crippen LogP contribution in [0.2, 0.25) is 0 Å². The highest BCUT2D eigenvalue weighted by atomic mass is 79.9. The standard InChI is InChI=1S/C12H9BrN2O2S/c13-9-2-1-8(18-9)7-3-6-14-10(15-7)12(4-5-12)11(16)17/h1-3,6H,4-5H2,(H,16,17). The molecule has 6 heteroatoms. The summed E-state index contributed by atoms with van der Waals surface area (Å²) in [5.41, 5.74) is -0.0620. The van der Waals surface area contributed by atoms with Crippen molar-refractivity contribution in [1.29, 1.82) is 0 Å². The first-order chi connectivity index (χ1) is 8.62. The van der Waals surface area contributed by atoms with Crippen LogP contribution in [0.5, 0.6) is 0 Å². The summed E-state index contributed by atoms with van der Waals surface area (Å²) in [5.74, 6) is -0.399. The molecule has 4 nitrogen and oxygen atoms in total. The minimum Gasteiger partial charge on any atom is -0.480 e. The normalized spacial score (nSPS) is 16.5. The van der Waals surface area contributed by atoms with E-state index in [1.807, 2.05) is 12.1 Å². The number of carbonyl (C=O) groups is 1. The predicted molar refractivity (Wildman–Crippen MR) is 71.6 cm³/mol. The number of nitrogens with zero attached hydrogens (tertiary/aromatic N) is 2. The van der Waals surface area contributed by atoms with Gasteiger partial charge in [-0.1, -0.05) is 0 Å². The molecule has 2 aromatic heterocycles. The molecule has 2 aromatic rings. The molecule has 0 spiro atoms. The number of hydrogen-bond acceptors (Lipinski definition) is 4. The van der Waals surface area contributed by atoms with Crippen LogP contribution in [0.15, 0.2) is 28.2 Å². The Balaban J connectivity index is 2.02. The third-order valence-corrected chi connectivity index (χ3v) is 4.71. The molecule has 1 saturated carbocycles. The van der Waals surface area contributed by atoms with Gasteiger partial charge in [0.25, 0.3) is 0 Å². The second kappa shape index (κ2) is 4.13. The summed E-state index contributed by atoms with van der Waals surface area (Å²) in [6, 6.07) is 5.72. The van der Waals surface area contributed by atoms with Gasteiger partial charge in [-0.15, -0.1) is 11.3 Å². The van der Waals surface area contributed by atoms with E-state index in [1.165, 1.54) is 0 Å². The first-order valence-electron chi connectivity index (χ1n) is 5.44. The molecule has 0 amide bonds. The molecule has 0 unspecified atom stereocenters. The van der Waals surface area contributed by atoms with Crippen molar-refractivity contribution in [2.24, 2.45) is 0 Å². The molecule has 2 heterocycles. The zero-order chi connectivity index (χ0) is 12.8. The quantitative estimate of drug-likeness (QED) is 0.942. The van der Waals surface area contributed by atoms with Crippen LogP contribution in [0, 0.1) is 0 Å². The van der Waals surface area contributed by atoms with Gasteiger partial charge in [-0.3, -0.25) is 4.79 Å². The van der Waals surface area contributed by atoms with E-state index < -0.39 is 11.4 Å². The summed E-state index contributed by atoms with van der Waals surface area (Å²) in [6.07, 6.45) is 2.88. The van der Waals surface area contributed by atoms with Crippen LogP contribution in [0.25, 0.3) is 10.6 Å². The highest BCUT2D eigenvalue weighted by Gasteiger charge is 2.54. The average Bonchev–Trinajstić information content (AvgIpc) is 3.07. The Bertz CT molecular complexity index is 622. The minimum absolute atomic E-state index is 0.428. The SMILES string of the molecule is O=C(O)C1(c2nccc(-c3ccc(Br)s3)n2)CC1. The van der Waals surface area contributed by atoms with E-state index in [0.29, 0.717) is 18.7 Å². The van der Waals surface area contributed by atoms with Crippen LogP contribution in [0.1, 0.15) is 18.7 Å². The fraction of sp³-hybridized carbons (Fsp3) is 0.250. The summed E-state index contributed by atoms with van der Waals surface area (Å²) >= 11 is 4.97. The van der Waals surface area contributed by atoms with E-state index in [4.69, 9.17) is 0 Å². The molecule has 0 radical (unpaired) electrons. The predicted octanol–water partition coefficient (Wildman–Crippen LogP) is 3.08. The first kappa shape index (κ1) is 11.8. The number of rotatable bonds is 3. The van der Waals surface area contributed by atoms with Crippen LogP contribution < -0.4 is 0 Å². The van der Waals surface area contributed by atoms with Crippen LogP contribution in [0.4, 0.5) is 0 Å². The van der Waals surface area contributed by atoms with Gasteiger partial charge >= 0.3 is 5.97 Å². The molecule has 1 fully saturated rings. The summed E-state index contributed by atoms with van der Waals surface area (Å²) < 4.78 is 1.03. The van der Waals surface area contributed by atoms with E-state index in [9.17, 15) is 9.90 Å². The second-order valence-electron chi connectivity index (χ2n) is 4.26. The number of hydrogen-bond donors (Lipinski definition) is 1. The summed E-state index contributed by atoms with van der Waals surface area (Å²) in [7, 11) is 0. The van der Waals surface area contributed by atoms with Gasteiger partial charge in [0.15, 0.2) is 0 Å². The number of carboxylic acid groups (broad SMARTS) is 1. The Kier molecular flexibility index (Phi) is 2.71. The summed E-state index contributed by atoms with van der Waals surface area (Å²) in [5, 5.41) is 9.24. The summed E-state index contributed by atoms with van der Waals surface area (Å²) in [6.45, 7) is 0. The topological polar surface area (TPSA) is 63.1 Å². The Morgan fingerprint density at radius 2 is 2.17 bits per heavy atom. The van der Waals surface area contributed by atoms with Crippen molar-refractivity contribution in [3.8, 4) is 10.6 Å². The van der Waals surface area contributed by atoms with Crippen LogP contribution in [-0.2, 0) is 10.2 Å². The van der Waals surface area contributed by atoms with Crippen molar-refractivity contribution < 1.29 is 9.90 Å². The molecule has 0 bridgehead atoms. The minimum atomic E-state index is -0.843. The Labute approximate surface area is 116 Å². The molecule has 0 atom stereocenters. The largest absolute Gasteiger partial charge is 0.480 e. The number of carboxylic acids is 1. The molecule has 3 rings (SSSR count). The van der Waals surface area contributed by atoms with Gasteiger partial charge < -0.3 is 5.11 Å². The highest BCUT2D eigenvalue weighted by Crippen LogP contribution is 2.47. The van der Waals surface area contributed by atoms with Gasteiger partial charge in [0, 0.05) is 6.20 Å². The maximum absolute atomic E-state index is 11.3.